The van der Waals surface area contributed by atoms with Crippen LogP contribution in [-0.2, 0) is 6.18 Å². The van der Waals surface area contributed by atoms with Crippen LogP contribution in [0.25, 0.3) is 11.1 Å². The third-order valence-corrected chi connectivity index (χ3v) is 4.35. The van der Waals surface area contributed by atoms with Gasteiger partial charge in [-0.15, -0.1) is 0 Å². The van der Waals surface area contributed by atoms with Gasteiger partial charge in [0.05, 0.1) is 6.54 Å². The maximum absolute atomic E-state index is 14.6. The highest BCUT2D eigenvalue weighted by Crippen LogP contribution is 2.31. The van der Waals surface area contributed by atoms with E-state index in [1.54, 1.807) is 0 Å². The number of hydrogen-bond acceptors (Lipinski definition) is 4. The molecule has 0 saturated carbocycles. The number of benzene rings is 1. The molecule has 3 aromatic rings. The third kappa shape index (κ3) is 4.88. The summed E-state index contributed by atoms with van der Waals surface area (Å²) < 4.78 is 66.3. The van der Waals surface area contributed by atoms with Crippen LogP contribution in [0, 0.1) is 5.95 Å². The molecule has 5 nitrogen and oxygen atoms in total. The van der Waals surface area contributed by atoms with Gasteiger partial charge in [0.15, 0.2) is 11.4 Å². The smallest absolute Gasteiger partial charge is 0.347 e. The van der Waals surface area contributed by atoms with Crippen molar-refractivity contribution < 1.29 is 26.7 Å². The second-order valence-electron chi connectivity index (χ2n) is 6.03. The lowest BCUT2D eigenvalue weighted by Gasteiger charge is -2.14. The number of alkyl halides is 4. The lowest BCUT2D eigenvalue weighted by atomic mass is 10.0. The minimum absolute atomic E-state index is 0.0194. The molecule has 3 rings (SSSR count). The van der Waals surface area contributed by atoms with Crippen molar-refractivity contribution in [1.82, 2.24) is 20.3 Å². The molecule has 0 radical (unpaired) electrons. The van der Waals surface area contributed by atoms with Crippen molar-refractivity contribution >= 4 is 17.5 Å². The number of halogens is 6. The molecule has 0 aliphatic carbocycles. The van der Waals surface area contributed by atoms with E-state index in [-0.39, 0.29) is 10.6 Å². The molecule has 2 heterocycles. The van der Waals surface area contributed by atoms with E-state index in [2.05, 4.69) is 20.3 Å². The molecule has 1 N–H and O–H groups in total. The van der Waals surface area contributed by atoms with E-state index >= 15 is 0 Å². The summed E-state index contributed by atoms with van der Waals surface area (Å²) in [6.45, 7) is -0.635. The van der Waals surface area contributed by atoms with E-state index in [4.69, 9.17) is 11.6 Å². The van der Waals surface area contributed by atoms with E-state index in [0.29, 0.717) is 11.1 Å². The van der Waals surface area contributed by atoms with Gasteiger partial charge < -0.3 is 5.32 Å². The van der Waals surface area contributed by atoms with Gasteiger partial charge >= 0.3 is 6.18 Å². The number of aromatic nitrogens is 3. The van der Waals surface area contributed by atoms with Crippen LogP contribution in [-0.4, -0.2) is 27.4 Å². The zero-order valence-corrected chi connectivity index (χ0v) is 15.7. The highest BCUT2D eigenvalue weighted by molar-refractivity contribution is 6.31. The summed E-state index contributed by atoms with van der Waals surface area (Å²) in [6, 6.07) is 6.95. The Bertz CT molecular complexity index is 1060. The summed E-state index contributed by atoms with van der Waals surface area (Å²) >= 11 is 6.10. The van der Waals surface area contributed by atoms with Gasteiger partial charge in [0, 0.05) is 34.7 Å². The molecular formula is C19H12ClF5N4O. The maximum atomic E-state index is 14.6. The number of rotatable bonds is 5. The van der Waals surface area contributed by atoms with E-state index in [0.717, 1.165) is 18.5 Å². The Kier molecular flexibility index (Phi) is 6.25. The Balaban J connectivity index is 1.72. The topological polar surface area (TPSA) is 67.8 Å². The molecule has 0 spiro atoms. The van der Waals surface area contributed by atoms with Gasteiger partial charge in [0.2, 0.25) is 5.95 Å². The second-order valence-corrected chi connectivity index (χ2v) is 6.44. The summed E-state index contributed by atoms with van der Waals surface area (Å²) in [4.78, 5) is 22.1. The normalized spacial score (nSPS) is 12.5. The Morgan fingerprint density at radius 3 is 2.40 bits per heavy atom. The molecule has 156 valence electrons. The van der Waals surface area contributed by atoms with Gasteiger partial charge in [-0.1, -0.05) is 23.7 Å². The Morgan fingerprint density at radius 2 is 1.77 bits per heavy atom. The molecule has 1 unspecified atom stereocenters. The molecule has 0 fully saturated rings. The quantitative estimate of drug-likeness (QED) is 0.455. The molecule has 0 bridgehead atoms. The first-order valence-corrected chi connectivity index (χ1v) is 8.76. The van der Waals surface area contributed by atoms with Crippen LogP contribution in [0.3, 0.4) is 0 Å². The monoisotopic (exact) mass is 442 g/mol. The standard InChI is InChI=1S/C19H12ClF5N4O/c20-13-7-10(11-2-4-15(22)28-8-11)1-3-12(13)14(21)9-29-18(30)16-17(19(23,24)25)27-6-5-26-16/h1-8,14H,9H2,(H,29,30). The summed E-state index contributed by atoms with van der Waals surface area (Å²) in [7, 11) is 0. The highest BCUT2D eigenvalue weighted by Gasteiger charge is 2.38. The Labute approximate surface area is 172 Å². The summed E-state index contributed by atoms with van der Waals surface area (Å²) in [5, 5.41) is 2.08. The Morgan fingerprint density at radius 1 is 1.07 bits per heavy atom. The molecule has 1 atom stereocenters. The van der Waals surface area contributed by atoms with Crippen LogP contribution in [0.15, 0.2) is 48.9 Å². The fourth-order valence-electron chi connectivity index (χ4n) is 2.59. The van der Waals surface area contributed by atoms with Crippen molar-refractivity contribution in [3.05, 3.63) is 76.8 Å². The van der Waals surface area contributed by atoms with Crippen LogP contribution in [0.5, 0.6) is 0 Å². The van der Waals surface area contributed by atoms with Crippen LogP contribution in [0.1, 0.15) is 27.9 Å². The number of hydrogen-bond donors (Lipinski definition) is 1. The molecule has 1 aromatic carbocycles. The van der Waals surface area contributed by atoms with Crippen LogP contribution in [0.4, 0.5) is 22.0 Å². The van der Waals surface area contributed by atoms with Gasteiger partial charge in [-0.3, -0.25) is 4.79 Å². The molecule has 0 aliphatic heterocycles. The van der Waals surface area contributed by atoms with E-state index < -0.39 is 42.1 Å². The van der Waals surface area contributed by atoms with Crippen molar-refractivity contribution in [2.75, 3.05) is 6.54 Å². The average Bonchev–Trinajstić information content (AvgIpc) is 2.71. The molecule has 1 amide bonds. The molecular weight excluding hydrogens is 431 g/mol. The summed E-state index contributed by atoms with van der Waals surface area (Å²) in [5.41, 5.74) is -1.29. The first kappa shape index (κ1) is 21.6. The fraction of sp³-hybridized carbons (Fsp3) is 0.158. The largest absolute Gasteiger partial charge is 0.435 e. The molecule has 0 saturated heterocycles. The minimum Gasteiger partial charge on any atom is -0.347 e. The molecule has 2 aromatic heterocycles. The number of carbonyl (C=O) groups is 1. The predicted octanol–water partition coefficient (Wildman–Crippen LogP) is 4.79. The van der Waals surface area contributed by atoms with Crippen molar-refractivity contribution in [2.24, 2.45) is 0 Å². The van der Waals surface area contributed by atoms with E-state index in [1.165, 1.54) is 30.5 Å². The van der Waals surface area contributed by atoms with Crippen LogP contribution >= 0.6 is 11.6 Å². The molecule has 11 heteroatoms. The predicted molar refractivity (Wildman–Crippen MR) is 97.9 cm³/mol. The van der Waals surface area contributed by atoms with Crippen molar-refractivity contribution in [3.8, 4) is 11.1 Å². The first-order valence-electron chi connectivity index (χ1n) is 8.38. The number of carbonyl (C=O) groups excluding carboxylic acids is 1. The SMILES string of the molecule is O=C(NCC(F)c1ccc(-c2ccc(F)nc2)cc1Cl)c1nccnc1C(F)(F)F. The number of nitrogens with zero attached hydrogens (tertiary/aromatic N) is 3. The van der Waals surface area contributed by atoms with Gasteiger partial charge in [0.25, 0.3) is 5.91 Å². The first-order chi connectivity index (χ1) is 14.2. The second kappa shape index (κ2) is 8.70. The number of amides is 1. The van der Waals surface area contributed by atoms with Gasteiger partial charge in [-0.2, -0.15) is 17.6 Å². The van der Waals surface area contributed by atoms with E-state index in [1.807, 2.05) is 0 Å². The molecule has 0 aliphatic rings. The number of nitrogens with one attached hydrogen (secondary N) is 1. The van der Waals surface area contributed by atoms with Crippen LogP contribution in [0.2, 0.25) is 5.02 Å². The van der Waals surface area contributed by atoms with Gasteiger partial charge in [-0.25, -0.2) is 19.3 Å². The van der Waals surface area contributed by atoms with Crippen molar-refractivity contribution in [3.63, 3.8) is 0 Å². The third-order valence-electron chi connectivity index (χ3n) is 4.02. The maximum Gasteiger partial charge on any atom is 0.435 e. The van der Waals surface area contributed by atoms with E-state index in [9.17, 15) is 26.7 Å². The minimum atomic E-state index is -4.88. The van der Waals surface area contributed by atoms with Gasteiger partial charge in [0.1, 0.15) is 6.17 Å². The number of pyridine rings is 1. The zero-order chi connectivity index (χ0) is 21.9. The van der Waals surface area contributed by atoms with Crippen LogP contribution < -0.4 is 5.32 Å². The molecule has 30 heavy (non-hydrogen) atoms. The van der Waals surface area contributed by atoms with Crippen molar-refractivity contribution in [1.29, 1.82) is 0 Å². The van der Waals surface area contributed by atoms with Crippen molar-refractivity contribution in [2.45, 2.75) is 12.3 Å². The zero-order valence-electron chi connectivity index (χ0n) is 14.9. The van der Waals surface area contributed by atoms with Gasteiger partial charge in [-0.05, 0) is 23.8 Å². The Hall–Kier alpha value is -3.14. The average molecular weight is 443 g/mol. The lowest BCUT2D eigenvalue weighted by molar-refractivity contribution is -0.141. The summed E-state index contributed by atoms with van der Waals surface area (Å²) in [5.74, 6) is -1.87. The fourth-order valence-corrected chi connectivity index (χ4v) is 2.89. The highest BCUT2D eigenvalue weighted by atomic mass is 35.5. The summed E-state index contributed by atoms with van der Waals surface area (Å²) in [6.07, 6.45) is -3.67. The lowest BCUT2D eigenvalue weighted by Crippen LogP contribution is -2.30.